The second kappa shape index (κ2) is 5.94. The zero-order valence-electron chi connectivity index (χ0n) is 15.2. The third kappa shape index (κ3) is 2.40. The summed E-state index contributed by atoms with van der Waals surface area (Å²) in [5, 5.41) is 0. The van der Waals surface area contributed by atoms with Crippen LogP contribution >= 0.6 is 0 Å². The minimum absolute atomic E-state index is 0.129. The van der Waals surface area contributed by atoms with Gasteiger partial charge in [0.05, 0.1) is 20.3 Å². The SMILES string of the molecule is C=C1C=CCO[C@]12C(=O)N(c1ccc(OC)cc1)[C@H]2[C@H]1COC(C)(C)O1. The third-order valence-corrected chi connectivity index (χ3v) is 5.17. The maximum Gasteiger partial charge on any atom is 0.266 e. The van der Waals surface area contributed by atoms with Crippen molar-refractivity contribution in [2.45, 2.75) is 37.4 Å². The summed E-state index contributed by atoms with van der Waals surface area (Å²) in [5.74, 6) is -0.0896. The zero-order valence-corrected chi connectivity index (χ0v) is 15.2. The molecule has 2 fully saturated rings. The molecule has 4 rings (SSSR count). The maximum absolute atomic E-state index is 13.2. The molecular formula is C20H23NO5. The first-order chi connectivity index (χ1) is 12.4. The topological polar surface area (TPSA) is 57.2 Å². The fourth-order valence-corrected chi connectivity index (χ4v) is 3.93. The Morgan fingerprint density at radius 3 is 2.54 bits per heavy atom. The van der Waals surface area contributed by atoms with E-state index in [0.29, 0.717) is 18.8 Å². The molecule has 0 saturated carbocycles. The lowest BCUT2D eigenvalue weighted by molar-refractivity contribution is -0.175. The summed E-state index contributed by atoms with van der Waals surface area (Å²) in [5.41, 5.74) is 0.325. The number of ether oxygens (including phenoxy) is 4. The molecule has 1 aromatic rings. The molecule has 0 bridgehead atoms. The van der Waals surface area contributed by atoms with E-state index in [1.54, 1.807) is 12.0 Å². The summed E-state index contributed by atoms with van der Waals surface area (Å²) in [6.07, 6.45) is 3.41. The van der Waals surface area contributed by atoms with Gasteiger partial charge >= 0.3 is 0 Å². The Bertz CT molecular complexity index is 769. The predicted octanol–water partition coefficient (Wildman–Crippen LogP) is 2.44. The molecule has 0 aliphatic carbocycles. The van der Waals surface area contributed by atoms with Crippen LogP contribution in [0.15, 0.2) is 48.6 Å². The normalized spacial score (nSPS) is 32.8. The number of hydrogen-bond donors (Lipinski definition) is 0. The summed E-state index contributed by atoms with van der Waals surface area (Å²) in [6, 6.07) is 7.04. The predicted molar refractivity (Wildman–Crippen MR) is 96.1 cm³/mol. The Kier molecular flexibility index (Phi) is 3.95. The van der Waals surface area contributed by atoms with Gasteiger partial charge in [0.25, 0.3) is 5.91 Å². The highest BCUT2D eigenvalue weighted by atomic mass is 16.7. The first-order valence-electron chi connectivity index (χ1n) is 8.68. The third-order valence-electron chi connectivity index (χ3n) is 5.17. The van der Waals surface area contributed by atoms with E-state index >= 15 is 0 Å². The van der Waals surface area contributed by atoms with Gasteiger partial charge in [-0.05, 0) is 43.7 Å². The number of carbonyl (C=O) groups excluding carboxylic acids is 1. The van der Waals surface area contributed by atoms with Gasteiger partial charge in [0.2, 0.25) is 0 Å². The van der Waals surface area contributed by atoms with Crippen molar-refractivity contribution >= 4 is 11.6 Å². The molecule has 1 aromatic carbocycles. The van der Waals surface area contributed by atoms with Crippen LogP contribution < -0.4 is 9.64 Å². The molecule has 0 radical (unpaired) electrons. The molecule has 1 spiro atoms. The van der Waals surface area contributed by atoms with E-state index in [9.17, 15) is 4.79 Å². The van der Waals surface area contributed by atoms with Crippen molar-refractivity contribution in [3.05, 3.63) is 48.6 Å². The Balaban J connectivity index is 1.72. The number of anilines is 1. The first kappa shape index (κ1) is 17.3. The van der Waals surface area contributed by atoms with Gasteiger partial charge < -0.3 is 18.9 Å². The molecule has 0 N–H and O–H groups in total. The van der Waals surface area contributed by atoms with Crippen LogP contribution in [0.1, 0.15) is 13.8 Å². The molecule has 0 aromatic heterocycles. The minimum Gasteiger partial charge on any atom is -0.497 e. The highest BCUT2D eigenvalue weighted by molar-refractivity contribution is 6.11. The van der Waals surface area contributed by atoms with E-state index in [2.05, 4.69) is 6.58 Å². The zero-order chi connectivity index (χ0) is 18.5. The van der Waals surface area contributed by atoms with Crippen molar-refractivity contribution in [3.8, 4) is 5.75 Å². The van der Waals surface area contributed by atoms with E-state index in [-0.39, 0.29) is 18.1 Å². The molecule has 26 heavy (non-hydrogen) atoms. The minimum atomic E-state index is -1.09. The number of methoxy groups -OCH3 is 1. The van der Waals surface area contributed by atoms with Crippen LogP contribution in [-0.4, -0.2) is 49.8 Å². The quantitative estimate of drug-likeness (QED) is 0.778. The van der Waals surface area contributed by atoms with Crippen molar-refractivity contribution in [2.24, 2.45) is 0 Å². The lowest BCUT2D eigenvalue weighted by Crippen LogP contribution is -2.80. The van der Waals surface area contributed by atoms with E-state index in [1.165, 1.54) is 0 Å². The molecule has 3 heterocycles. The number of β-lactam (4-membered cyclic amide) rings is 1. The summed E-state index contributed by atoms with van der Waals surface area (Å²) in [4.78, 5) is 14.9. The smallest absolute Gasteiger partial charge is 0.266 e. The van der Waals surface area contributed by atoms with Crippen LogP contribution in [-0.2, 0) is 19.0 Å². The second-order valence-corrected chi connectivity index (χ2v) is 7.16. The number of nitrogens with zero attached hydrogens (tertiary/aromatic N) is 1. The van der Waals surface area contributed by atoms with Gasteiger partial charge in [-0.2, -0.15) is 0 Å². The molecule has 138 valence electrons. The molecule has 6 nitrogen and oxygen atoms in total. The second-order valence-electron chi connectivity index (χ2n) is 7.16. The molecular weight excluding hydrogens is 334 g/mol. The van der Waals surface area contributed by atoms with Gasteiger partial charge in [-0.25, -0.2) is 0 Å². The molecule has 1 amide bonds. The van der Waals surface area contributed by atoms with E-state index in [0.717, 1.165) is 11.4 Å². The summed E-state index contributed by atoms with van der Waals surface area (Å²) < 4.78 is 23.0. The van der Waals surface area contributed by atoms with Gasteiger partial charge in [-0.1, -0.05) is 18.7 Å². The van der Waals surface area contributed by atoms with Crippen molar-refractivity contribution in [3.63, 3.8) is 0 Å². The fraction of sp³-hybridized carbons (Fsp3) is 0.450. The summed E-state index contributed by atoms with van der Waals surface area (Å²) >= 11 is 0. The van der Waals surface area contributed by atoms with E-state index in [4.69, 9.17) is 18.9 Å². The van der Waals surface area contributed by atoms with Gasteiger partial charge in [-0.3, -0.25) is 9.69 Å². The summed E-state index contributed by atoms with van der Waals surface area (Å²) in [7, 11) is 1.61. The lowest BCUT2D eigenvalue weighted by atomic mass is 9.72. The molecule has 6 heteroatoms. The molecule has 3 aliphatic rings. The van der Waals surface area contributed by atoms with E-state index in [1.807, 2.05) is 50.3 Å². The molecule has 3 atom stereocenters. The van der Waals surface area contributed by atoms with Crippen molar-refractivity contribution < 1.29 is 23.7 Å². The van der Waals surface area contributed by atoms with Crippen molar-refractivity contribution in [1.82, 2.24) is 0 Å². The monoisotopic (exact) mass is 357 g/mol. The molecule has 2 saturated heterocycles. The van der Waals surface area contributed by atoms with Gasteiger partial charge in [0.1, 0.15) is 17.9 Å². The number of rotatable bonds is 3. The van der Waals surface area contributed by atoms with Crippen molar-refractivity contribution in [1.29, 1.82) is 0 Å². The molecule has 0 unspecified atom stereocenters. The largest absolute Gasteiger partial charge is 0.497 e. The number of benzene rings is 1. The summed E-state index contributed by atoms with van der Waals surface area (Å²) in [6.45, 7) is 8.57. The van der Waals surface area contributed by atoms with Crippen molar-refractivity contribution in [2.75, 3.05) is 25.2 Å². The standard InChI is InChI=1S/C20H23NO5/c1-13-6-5-11-24-20(13)17(16-12-25-19(2,3)26-16)21(18(20)22)14-7-9-15(23-4)10-8-14/h5-10,16-17H,1,11-12H2,2-4H3/t16-,17+,20-/m1/s1. The fourth-order valence-electron chi connectivity index (χ4n) is 3.93. The van der Waals surface area contributed by atoms with Crippen LogP contribution in [0, 0.1) is 0 Å². The Morgan fingerprint density at radius 1 is 1.23 bits per heavy atom. The van der Waals surface area contributed by atoms with Crippen LogP contribution in [0.4, 0.5) is 5.69 Å². The Hall–Kier alpha value is -2.15. The average molecular weight is 357 g/mol. The van der Waals surface area contributed by atoms with E-state index < -0.39 is 11.4 Å². The Morgan fingerprint density at radius 2 is 1.96 bits per heavy atom. The highest BCUT2D eigenvalue weighted by Crippen LogP contribution is 2.48. The number of hydrogen-bond acceptors (Lipinski definition) is 5. The van der Waals surface area contributed by atoms with Crippen LogP contribution in [0.3, 0.4) is 0 Å². The van der Waals surface area contributed by atoms with Crippen LogP contribution in [0.2, 0.25) is 0 Å². The van der Waals surface area contributed by atoms with Gasteiger partial charge in [-0.15, -0.1) is 0 Å². The Labute approximate surface area is 153 Å². The number of amides is 1. The maximum atomic E-state index is 13.2. The number of carbonyl (C=O) groups is 1. The average Bonchev–Trinajstić information content (AvgIpc) is 2.99. The lowest BCUT2D eigenvalue weighted by Gasteiger charge is -2.57. The highest BCUT2D eigenvalue weighted by Gasteiger charge is 2.68. The van der Waals surface area contributed by atoms with Gasteiger partial charge in [0, 0.05) is 5.69 Å². The first-order valence-corrected chi connectivity index (χ1v) is 8.68. The van der Waals surface area contributed by atoms with Gasteiger partial charge in [0.15, 0.2) is 11.4 Å². The van der Waals surface area contributed by atoms with Crippen LogP contribution in [0.5, 0.6) is 5.75 Å². The van der Waals surface area contributed by atoms with Crippen LogP contribution in [0.25, 0.3) is 0 Å². The molecule has 3 aliphatic heterocycles.